The molecule has 2 heterocycles. The van der Waals surface area contributed by atoms with E-state index < -0.39 is 0 Å². The highest BCUT2D eigenvalue weighted by atomic mass is 15.2. The molecule has 1 fully saturated rings. The molecule has 1 aromatic rings. The molecule has 0 bridgehead atoms. The molecule has 1 aliphatic heterocycles. The molecule has 3 heteroatoms. The Morgan fingerprint density at radius 1 is 1.41 bits per heavy atom. The van der Waals surface area contributed by atoms with E-state index in [0.717, 1.165) is 24.8 Å². The van der Waals surface area contributed by atoms with E-state index in [0.29, 0.717) is 5.56 Å². The van der Waals surface area contributed by atoms with E-state index >= 15 is 0 Å². The topological polar surface area (TPSA) is 39.9 Å². The van der Waals surface area contributed by atoms with Crippen LogP contribution in [0.4, 0.5) is 5.82 Å². The monoisotopic (exact) mass is 229 g/mol. The summed E-state index contributed by atoms with van der Waals surface area (Å²) in [5.41, 5.74) is 0.634. The van der Waals surface area contributed by atoms with Crippen molar-refractivity contribution in [2.75, 3.05) is 18.0 Å². The zero-order valence-electron chi connectivity index (χ0n) is 10.4. The van der Waals surface area contributed by atoms with Crippen molar-refractivity contribution in [3.8, 4) is 6.07 Å². The van der Waals surface area contributed by atoms with Gasteiger partial charge in [-0.3, -0.25) is 0 Å². The minimum Gasteiger partial charge on any atom is -0.357 e. The van der Waals surface area contributed by atoms with Crippen LogP contribution < -0.4 is 4.90 Å². The van der Waals surface area contributed by atoms with E-state index in [-0.39, 0.29) is 0 Å². The first kappa shape index (κ1) is 11.9. The van der Waals surface area contributed by atoms with E-state index in [2.05, 4.69) is 22.9 Å². The van der Waals surface area contributed by atoms with Gasteiger partial charge in [-0.15, -0.1) is 0 Å². The van der Waals surface area contributed by atoms with Gasteiger partial charge in [0.05, 0.1) is 5.56 Å². The molecule has 0 saturated carbocycles. The molecule has 1 aliphatic rings. The van der Waals surface area contributed by atoms with Gasteiger partial charge in [0.25, 0.3) is 0 Å². The molecular formula is C14H19N3. The summed E-state index contributed by atoms with van der Waals surface area (Å²) in [7, 11) is 0. The summed E-state index contributed by atoms with van der Waals surface area (Å²) in [6, 6.07) is 5.92. The molecule has 0 radical (unpaired) electrons. The molecule has 0 amide bonds. The Labute approximate surface area is 103 Å². The number of pyridine rings is 1. The van der Waals surface area contributed by atoms with Gasteiger partial charge >= 0.3 is 0 Å². The number of aromatic nitrogens is 1. The minimum absolute atomic E-state index is 0.634. The van der Waals surface area contributed by atoms with Gasteiger partial charge in [0.2, 0.25) is 0 Å². The van der Waals surface area contributed by atoms with Gasteiger partial charge < -0.3 is 4.90 Å². The van der Waals surface area contributed by atoms with E-state index in [1.807, 2.05) is 12.1 Å². The fraction of sp³-hybridized carbons (Fsp3) is 0.571. The van der Waals surface area contributed by atoms with Crippen LogP contribution in [0.1, 0.15) is 38.2 Å². The van der Waals surface area contributed by atoms with Crippen LogP contribution in [0.25, 0.3) is 0 Å². The third kappa shape index (κ3) is 2.97. The smallest absolute Gasteiger partial charge is 0.128 e. The normalized spacial score (nSPS) is 20.7. The van der Waals surface area contributed by atoms with Crippen molar-refractivity contribution in [2.24, 2.45) is 5.92 Å². The second kappa shape index (κ2) is 5.67. The van der Waals surface area contributed by atoms with Crippen LogP contribution in [-0.4, -0.2) is 18.1 Å². The molecule has 1 unspecified atom stereocenters. The predicted molar refractivity (Wildman–Crippen MR) is 68.8 cm³/mol. The highest BCUT2D eigenvalue weighted by Gasteiger charge is 2.16. The summed E-state index contributed by atoms with van der Waals surface area (Å²) in [5, 5.41) is 8.75. The van der Waals surface area contributed by atoms with Gasteiger partial charge in [-0.1, -0.05) is 13.3 Å². The van der Waals surface area contributed by atoms with Gasteiger partial charge in [-0.25, -0.2) is 4.98 Å². The van der Waals surface area contributed by atoms with Crippen molar-refractivity contribution in [3.05, 3.63) is 23.9 Å². The maximum absolute atomic E-state index is 8.75. The van der Waals surface area contributed by atoms with Crippen LogP contribution in [0.15, 0.2) is 18.3 Å². The van der Waals surface area contributed by atoms with Crippen LogP contribution in [0.3, 0.4) is 0 Å². The first-order valence-corrected chi connectivity index (χ1v) is 6.44. The fourth-order valence-electron chi connectivity index (χ4n) is 2.44. The zero-order chi connectivity index (χ0) is 12.1. The van der Waals surface area contributed by atoms with Crippen LogP contribution in [0.5, 0.6) is 0 Å². The molecule has 2 rings (SSSR count). The van der Waals surface area contributed by atoms with Gasteiger partial charge in [0.15, 0.2) is 0 Å². The molecule has 90 valence electrons. The third-order valence-electron chi connectivity index (χ3n) is 3.63. The second-order valence-electron chi connectivity index (χ2n) is 4.71. The summed E-state index contributed by atoms with van der Waals surface area (Å²) in [6.07, 6.45) is 6.80. The molecule has 1 atom stereocenters. The van der Waals surface area contributed by atoms with Crippen LogP contribution >= 0.6 is 0 Å². The Morgan fingerprint density at radius 2 is 2.29 bits per heavy atom. The maximum Gasteiger partial charge on any atom is 0.128 e. The number of hydrogen-bond donors (Lipinski definition) is 0. The van der Waals surface area contributed by atoms with Gasteiger partial charge in [0.1, 0.15) is 11.9 Å². The number of rotatable bonds is 2. The zero-order valence-corrected chi connectivity index (χ0v) is 10.4. The SMILES string of the molecule is CCC1CCCN(c2ccc(C#N)cn2)CC1. The second-order valence-corrected chi connectivity index (χ2v) is 4.71. The molecule has 0 spiro atoms. The summed E-state index contributed by atoms with van der Waals surface area (Å²) in [5.74, 6) is 1.89. The number of hydrogen-bond acceptors (Lipinski definition) is 3. The lowest BCUT2D eigenvalue weighted by Gasteiger charge is -2.21. The molecule has 3 nitrogen and oxygen atoms in total. The lowest BCUT2D eigenvalue weighted by atomic mass is 9.98. The first-order valence-electron chi connectivity index (χ1n) is 6.44. The summed E-state index contributed by atoms with van der Waals surface area (Å²) in [4.78, 5) is 6.71. The van der Waals surface area contributed by atoms with E-state index in [4.69, 9.17) is 5.26 Å². The molecule has 1 saturated heterocycles. The Kier molecular flexibility index (Phi) is 3.98. The predicted octanol–water partition coefficient (Wildman–Crippen LogP) is 2.97. The average Bonchev–Trinajstić information content (AvgIpc) is 2.64. The number of nitriles is 1. The molecule has 0 N–H and O–H groups in total. The lowest BCUT2D eigenvalue weighted by molar-refractivity contribution is 0.459. The Hall–Kier alpha value is -1.56. The standard InChI is InChI=1S/C14H19N3/c1-2-12-4-3-8-17(9-7-12)14-6-5-13(10-15)11-16-14/h5-6,11-12H,2-4,7-9H2,1H3. The Morgan fingerprint density at radius 3 is 2.94 bits per heavy atom. The van der Waals surface area contributed by atoms with Gasteiger partial charge in [-0.05, 0) is 37.3 Å². The van der Waals surface area contributed by atoms with E-state index in [1.54, 1.807) is 6.20 Å². The highest BCUT2D eigenvalue weighted by molar-refractivity contribution is 5.41. The quantitative estimate of drug-likeness (QED) is 0.782. The molecule has 17 heavy (non-hydrogen) atoms. The van der Waals surface area contributed by atoms with Crippen LogP contribution in [0, 0.1) is 17.2 Å². The lowest BCUT2D eigenvalue weighted by Crippen LogP contribution is -2.25. The molecule has 0 aliphatic carbocycles. The van der Waals surface area contributed by atoms with E-state index in [9.17, 15) is 0 Å². The first-order chi connectivity index (χ1) is 8.33. The van der Waals surface area contributed by atoms with Crippen molar-refractivity contribution in [1.29, 1.82) is 5.26 Å². The van der Waals surface area contributed by atoms with Crippen molar-refractivity contribution >= 4 is 5.82 Å². The molecular weight excluding hydrogens is 210 g/mol. The van der Waals surface area contributed by atoms with E-state index in [1.165, 1.54) is 25.7 Å². The van der Waals surface area contributed by atoms with Crippen molar-refractivity contribution < 1.29 is 0 Å². The molecule has 1 aromatic heterocycles. The van der Waals surface area contributed by atoms with Crippen LogP contribution in [-0.2, 0) is 0 Å². The Balaban J connectivity index is 2.04. The average molecular weight is 229 g/mol. The largest absolute Gasteiger partial charge is 0.357 e. The van der Waals surface area contributed by atoms with Gasteiger partial charge in [-0.2, -0.15) is 5.26 Å². The molecule has 0 aromatic carbocycles. The van der Waals surface area contributed by atoms with Crippen LogP contribution in [0.2, 0.25) is 0 Å². The number of anilines is 1. The van der Waals surface area contributed by atoms with Crippen molar-refractivity contribution in [3.63, 3.8) is 0 Å². The summed E-state index contributed by atoms with van der Waals surface area (Å²) >= 11 is 0. The summed E-state index contributed by atoms with van der Waals surface area (Å²) < 4.78 is 0. The number of nitrogens with zero attached hydrogens (tertiary/aromatic N) is 3. The summed E-state index contributed by atoms with van der Waals surface area (Å²) in [6.45, 7) is 4.47. The Bertz CT molecular complexity index is 391. The van der Waals surface area contributed by atoms with Gasteiger partial charge in [0, 0.05) is 19.3 Å². The van der Waals surface area contributed by atoms with Crippen molar-refractivity contribution in [1.82, 2.24) is 4.98 Å². The third-order valence-corrected chi connectivity index (χ3v) is 3.63. The minimum atomic E-state index is 0.634. The fourth-order valence-corrected chi connectivity index (χ4v) is 2.44. The maximum atomic E-state index is 8.75. The highest BCUT2D eigenvalue weighted by Crippen LogP contribution is 2.23. The van der Waals surface area contributed by atoms with Crippen molar-refractivity contribution in [2.45, 2.75) is 32.6 Å².